The van der Waals surface area contributed by atoms with E-state index in [0.29, 0.717) is 5.72 Å². The molecule has 2 aromatic rings. The van der Waals surface area contributed by atoms with Crippen molar-refractivity contribution in [1.82, 2.24) is 4.57 Å². The third kappa shape index (κ3) is 3.00. The van der Waals surface area contributed by atoms with Gasteiger partial charge in [0.25, 0.3) is 7.28 Å². The lowest BCUT2D eigenvalue weighted by Gasteiger charge is -2.18. The van der Waals surface area contributed by atoms with Crippen molar-refractivity contribution in [2.75, 3.05) is 0 Å². The third-order valence-corrected chi connectivity index (χ3v) is 3.06. The lowest BCUT2D eigenvalue weighted by molar-refractivity contribution is -0.653. The van der Waals surface area contributed by atoms with E-state index < -0.39 is 12.0 Å². The van der Waals surface area contributed by atoms with Crippen LogP contribution in [0.2, 0.25) is 0 Å². The van der Waals surface area contributed by atoms with Crippen molar-refractivity contribution in [2.45, 2.75) is 12.0 Å². The molecule has 1 heterocycles. The Morgan fingerprint density at radius 2 is 1.84 bits per heavy atom. The van der Waals surface area contributed by atoms with Gasteiger partial charge in [0, 0.05) is 0 Å². The average Bonchev–Trinajstić information content (AvgIpc) is 2.66. The lowest BCUT2D eigenvalue weighted by atomic mass is 9.60. The molecule has 1 aromatic heterocycles. The van der Waals surface area contributed by atoms with Crippen LogP contribution < -0.4 is 10.3 Å². The Kier molecular flexibility index (Phi) is 3.69. The number of alkyl halides is 3. The molecule has 19 heavy (non-hydrogen) atoms. The monoisotopic (exact) mass is 266 g/mol. The maximum atomic E-state index is 13.2. The van der Waals surface area contributed by atoms with E-state index in [1.807, 2.05) is 0 Å². The van der Waals surface area contributed by atoms with Crippen LogP contribution in [-0.4, -0.2) is 18.0 Å². The van der Waals surface area contributed by atoms with Crippen molar-refractivity contribution in [1.29, 1.82) is 0 Å². The second-order valence-electron chi connectivity index (χ2n) is 4.47. The van der Waals surface area contributed by atoms with Crippen LogP contribution in [0.3, 0.4) is 0 Å². The molecular formula is C13H14BF3N2+. The molecule has 0 amide bonds. The molecule has 2 rings (SSSR count). The summed E-state index contributed by atoms with van der Waals surface area (Å²) in [5.41, 5.74) is 0.766. The van der Waals surface area contributed by atoms with Crippen LogP contribution >= 0.6 is 0 Å². The first kappa shape index (κ1) is 13.7. The zero-order chi connectivity index (χ0) is 14.0. The van der Waals surface area contributed by atoms with Crippen molar-refractivity contribution in [3.05, 3.63) is 48.3 Å². The fourth-order valence-electron chi connectivity index (χ4n) is 2.03. The smallest absolute Gasteiger partial charge is 0.247 e. The predicted molar refractivity (Wildman–Crippen MR) is 67.2 cm³/mol. The Hall–Kier alpha value is -1.72. The molecule has 2 nitrogen and oxygen atoms in total. The van der Waals surface area contributed by atoms with Crippen LogP contribution in [-0.2, 0) is 14.1 Å². The van der Waals surface area contributed by atoms with Gasteiger partial charge in [-0.25, -0.2) is 9.13 Å². The van der Waals surface area contributed by atoms with Crippen molar-refractivity contribution >= 4 is 13.0 Å². The fraction of sp³-hybridized carbons (Fsp3) is 0.308. The summed E-state index contributed by atoms with van der Waals surface area (Å²) in [6.45, 7) is 0. The van der Waals surface area contributed by atoms with E-state index in [2.05, 4.69) is 0 Å². The molecule has 1 unspecified atom stereocenters. The molecule has 1 radical (unpaired) electrons. The highest BCUT2D eigenvalue weighted by Crippen LogP contribution is 2.33. The maximum absolute atomic E-state index is 13.2. The van der Waals surface area contributed by atoms with E-state index in [4.69, 9.17) is 0 Å². The van der Waals surface area contributed by atoms with Gasteiger partial charge >= 0.3 is 6.18 Å². The number of aromatic nitrogens is 2. The molecule has 6 heteroatoms. The minimum Gasteiger partial charge on any atom is -0.247 e. The van der Waals surface area contributed by atoms with Gasteiger partial charge in [0.05, 0.1) is 19.9 Å². The second kappa shape index (κ2) is 5.11. The Bertz CT molecular complexity index is 529. The zero-order valence-electron chi connectivity index (χ0n) is 10.7. The number of nitrogens with zero attached hydrogens (tertiary/aromatic N) is 2. The van der Waals surface area contributed by atoms with Crippen molar-refractivity contribution in [2.24, 2.45) is 14.1 Å². The molecular weight excluding hydrogens is 252 g/mol. The zero-order valence-corrected chi connectivity index (χ0v) is 10.7. The minimum atomic E-state index is -4.31. The number of hydrogen-bond donors (Lipinski definition) is 0. The van der Waals surface area contributed by atoms with Crippen LogP contribution in [0, 0.1) is 0 Å². The van der Waals surface area contributed by atoms with Crippen LogP contribution in [0.25, 0.3) is 0 Å². The topological polar surface area (TPSA) is 8.81 Å². The number of rotatable bonds is 3. The molecule has 0 aliphatic heterocycles. The number of halogens is 3. The molecule has 0 fully saturated rings. The van der Waals surface area contributed by atoms with E-state index in [1.165, 1.54) is 19.4 Å². The average molecular weight is 266 g/mol. The molecule has 99 valence electrons. The van der Waals surface area contributed by atoms with Crippen LogP contribution in [0.5, 0.6) is 0 Å². The summed E-state index contributed by atoms with van der Waals surface area (Å²) in [5, 5.41) is 0. The van der Waals surface area contributed by atoms with E-state index in [1.54, 1.807) is 53.8 Å². The van der Waals surface area contributed by atoms with Crippen molar-refractivity contribution in [3.8, 4) is 0 Å². The lowest BCUT2D eigenvalue weighted by Crippen LogP contribution is -2.52. The molecule has 0 aliphatic rings. The van der Waals surface area contributed by atoms with Gasteiger partial charge in [-0.2, -0.15) is 13.2 Å². The Balaban J connectivity index is 2.36. The standard InChI is InChI=1S/C13H14BF3N2/c1-18-8-9-19(2)12(18)14-11(13(15,16)17)10-6-4-3-5-7-10/h3-9,11H,1-2H3/q+1. The summed E-state index contributed by atoms with van der Waals surface area (Å²) in [6.07, 6.45) is -0.854. The van der Waals surface area contributed by atoms with Gasteiger partial charge in [-0.3, -0.25) is 0 Å². The first-order valence-electron chi connectivity index (χ1n) is 5.87. The van der Waals surface area contributed by atoms with Gasteiger partial charge in [-0.05, 0) is 5.56 Å². The summed E-state index contributed by atoms with van der Waals surface area (Å²) in [4.78, 5) is 0. The minimum absolute atomic E-state index is 0.246. The number of aryl methyl sites for hydroxylation is 2. The SMILES string of the molecule is Cn1cc[n+](C)c1[B]C(c1ccccc1)C(F)(F)F. The second-order valence-corrected chi connectivity index (χ2v) is 4.47. The largest absolute Gasteiger partial charge is 0.389 e. The summed E-state index contributed by atoms with van der Waals surface area (Å²) in [6, 6.07) is 7.94. The number of imidazole rings is 1. The van der Waals surface area contributed by atoms with Gasteiger partial charge in [-0.15, -0.1) is 0 Å². The molecule has 0 saturated carbocycles. The van der Waals surface area contributed by atoms with Gasteiger partial charge < -0.3 is 0 Å². The first-order chi connectivity index (χ1) is 8.89. The van der Waals surface area contributed by atoms with E-state index in [0.717, 1.165) is 0 Å². The normalized spacial score (nSPS) is 13.3. The molecule has 1 atom stereocenters. The van der Waals surface area contributed by atoms with E-state index in [-0.39, 0.29) is 5.56 Å². The van der Waals surface area contributed by atoms with Gasteiger partial charge in [-0.1, -0.05) is 30.3 Å². The molecule has 0 saturated heterocycles. The summed E-state index contributed by atoms with van der Waals surface area (Å²) in [7, 11) is 4.70. The Morgan fingerprint density at radius 1 is 1.21 bits per heavy atom. The highest BCUT2D eigenvalue weighted by atomic mass is 19.4. The number of benzene rings is 1. The highest BCUT2D eigenvalue weighted by molar-refractivity contribution is 6.52. The fourth-order valence-corrected chi connectivity index (χ4v) is 2.03. The molecule has 0 spiro atoms. The predicted octanol–water partition coefficient (Wildman–Crippen LogP) is 1.48. The number of hydrogen-bond acceptors (Lipinski definition) is 0. The summed E-state index contributed by atoms with van der Waals surface area (Å²) >= 11 is 0. The highest BCUT2D eigenvalue weighted by Gasteiger charge is 2.43. The Labute approximate surface area is 110 Å². The summed E-state index contributed by atoms with van der Waals surface area (Å²) < 4.78 is 43.0. The quantitative estimate of drug-likeness (QED) is 0.588. The van der Waals surface area contributed by atoms with Gasteiger partial charge in [0.2, 0.25) is 0 Å². The van der Waals surface area contributed by atoms with Crippen LogP contribution in [0.1, 0.15) is 11.4 Å². The van der Waals surface area contributed by atoms with Crippen LogP contribution in [0.4, 0.5) is 13.2 Å². The first-order valence-corrected chi connectivity index (χ1v) is 5.87. The maximum Gasteiger partial charge on any atom is 0.389 e. The Morgan fingerprint density at radius 3 is 2.32 bits per heavy atom. The summed E-state index contributed by atoms with van der Waals surface area (Å²) in [5.74, 6) is -1.60. The van der Waals surface area contributed by atoms with Gasteiger partial charge in [0.15, 0.2) is 5.72 Å². The van der Waals surface area contributed by atoms with E-state index in [9.17, 15) is 13.2 Å². The van der Waals surface area contributed by atoms with Gasteiger partial charge in [0.1, 0.15) is 12.4 Å². The molecule has 0 aliphatic carbocycles. The van der Waals surface area contributed by atoms with E-state index >= 15 is 0 Å². The molecule has 1 aromatic carbocycles. The third-order valence-electron chi connectivity index (χ3n) is 3.06. The van der Waals surface area contributed by atoms with Crippen molar-refractivity contribution in [3.63, 3.8) is 0 Å². The van der Waals surface area contributed by atoms with Crippen molar-refractivity contribution < 1.29 is 17.7 Å². The van der Waals surface area contributed by atoms with Crippen LogP contribution in [0.15, 0.2) is 42.7 Å². The molecule has 0 bridgehead atoms. The molecule has 0 N–H and O–H groups in total.